The third kappa shape index (κ3) is 5.71. The van der Waals surface area contributed by atoms with Crippen LogP contribution in [-0.2, 0) is 14.8 Å². The number of nitrogens with two attached hydrogens (primary N) is 1. The third-order valence-electron chi connectivity index (χ3n) is 2.08. The van der Waals surface area contributed by atoms with Gasteiger partial charge < -0.3 is 5.32 Å². The summed E-state index contributed by atoms with van der Waals surface area (Å²) in [5, 5.41) is 7.05. The van der Waals surface area contributed by atoms with Crippen molar-refractivity contribution in [3.05, 3.63) is 24.3 Å². The lowest BCUT2D eigenvalue weighted by molar-refractivity contribution is -0.142. The topological polar surface area (TPSA) is 89.3 Å². The number of carbonyl (C=O) groups is 1. The second kappa shape index (κ2) is 5.57. The molecular weight excluding hydrogens is 285 g/mol. The average Bonchev–Trinajstić information content (AvgIpc) is 2.25. The summed E-state index contributed by atoms with van der Waals surface area (Å²) in [5.41, 5.74) is 0.0682. The fraction of sp³-hybridized carbons (Fsp3) is 0.300. The first-order chi connectivity index (χ1) is 8.58. The van der Waals surface area contributed by atoms with E-state index in [2.05, 4.69) is 5.32 Å². The van der Waals surface area contributed by atoms with E-state index in [1.54, 1.807) is 0 Å². The van der Waals surface area contributed by atoms with Gasteiger partial charge in [-0.1, -0.05) is 6.07 Å². The van der Waals surface area contributed by atoms with Crippen LogP contribution in [0.15, 0.2) is 29.2 Å². The van der Waals surface area contributed by atoms with E-state index < -0.39 is 34.9 Å². The van der Waals surface area contributed by atoms with Crippen LogP contribution < -0.4 is 10.5 Å². The molecule has 0 atom stereocenters. The van der Waals surface area contributed by atoms with E-state index in [1.165, 1.54) is 18.2 Å². The van der Waals surface area contributed by atoms with Gasteiger partial charge in [0, 0.05) is 12.1 Å². The Morgan fingerprint density at radius 3 is 2.47 bits per heavy atom. The van der Waals surface area contributed by atoms with E-state index in [-0.39, 0.29) is 10.6 Å². The Kier molecular flexibility index (Phi) is 4.53. The summed E-state index contributed by atoms with van der Waals surface area (Å²) >= 11 is 0. The third-order valence-corrected chi connectivity index (χ3v) is 2.99. The quantitative estimate of drug-likeness (QED) is 0.884. The van der Waals surface area contributed by atoms with Gasteiger partial charge in [-0.05, 0) is 18.2 Å². The molecule has 19 heavy (non-hydrogen) atoms. The van der Waals surface area contributed by atoms with E-state index in [1.807, 2.05) is 0 Å². The van der Waals surface area contributed by atoms with Crippen molar-refractivity contribution in [3.8, 4) is 0 Å². The molecule has 1 rings (SSSR count). The molecule has 9 heteroatoms. The lowest BCUT2D eigenvalue weighted by Crippen LogP contribution is -2.17. The largest absolute Gasteiger partial charge is 0.389 e. The molecule has 0 spiro atoms. The summed E-state index contributed by atoms with van der Waals surface area (Å²) < 4.78 is 57.8. The normalized spacial score (nSPS) is 12.2. The molecule has 0 aliphatic rings. The molecule has 0 fully saturated rings. The van der Waals surface area contributed by atoms with Crippen LogP contribution in [0.1, 0.15) is 12.8 Å². The van der Waals surface area contributed by atoms with Crippen molar-refractivity contribution in [3.63, 3.8) is 0 Å². The number of alkyl halides is 3. The molecule has 0 aliphatic carbocycles. The first kappa shape index (κ1) is 15.4. The highest BCUT2D eigenvalue weighted by molar-refractivity contribution is 7.89. The van der Waals surface area contributed by atoms with Crippen LogP contribution in [0.2, 0.25) is 0 Å². The van der Waals surface area contributed by atoms with Gasteiger partial charge in [-0.2, -0.15) is 13.2 Å². The van der Waals surface area contributed by atoms with Crippen LogP contribution in [0, 0.1) is 0 Å². The summed E-state index contributed by atoms with van der Waals surface area (Å²) in [6.45, 7) is 0. The van der Waals surface area contributed by atoms with Gasteiger partial charge in [-0.25, -0.2) is 13.6 Å². The molecule has 3 N–H and O–H groups in total. The Hall–Kier alpha value is -1.61. The van der Waals surface area contributed by atoms with Crippen LogP contribution in [0.3, 0.4) is 0 Å². The van der Waals surface area contributed by atoms with Crippen molar-refractivity contribution in [1.29, 1.82) is 0 Å². The maximum atomic E-state index is 11.9. The molecule has 0 saturated heterocycles. The number of hydrogen-bond acceptors (Lipinski definition) is 3. The standard InChI is InChI=1S/C10H11F3N2O3S/c11-10(12,13)5-4-9(16)15-7-2-1-3-8(6-7)19(14,17)18/h1-3,6H,4-5H2,(H,15,16)(H2,14,17,18). The SMILES string of the molecule is NS(=O)(=O)c1cccc(NC(=O)CCC(F)(F)F)c1. The molecule has 1 amide bonds. The maximum absolute atomic E-state index is 11.9. The summed E-state index contributed by atoms with van der Waals surface area (Å²) in [4.78, 5) is 11.0. The van der Waals surface area contributed by atoms with E-state index in [0.717, 1.165) is 6.07 Å². The molecule has 0 radical (unpaired) electrons. The van der Waals surface area contributed by atoms with Gasteiger partial charge in [-0.15, -0.1) is 0 Å². The number of amides is 1. The highest BCUT2D eigenvalue weighted by Gasteiger charge is 2.27. The lowest BCUT2D eigenvalue weighted by atomic mass is 10.2. The van der Waals surface area contributed by atoms with Gasteiger partial charge in [0.15, 0.2) is 0 Å². The molecule has 0 saturated carbocycles. The van der Waals surface area contributed by atoms with Crippen molar-refractivity contribution in [2.75, 3.05) is 5.32 Å². The molecular formula is C10H11F3N2O3S. The van der Waals surface area contributed by atoms with Crippen LogP contribution in [0.5, 0.6) is 0 Å². The number of halogens is 3. The average molecular weight is 296 g/mol. The van der Waals surface area contributed by atoms with Crippen molar-refractivity contribution < 1.29 is 26.4 Å². The number of nitrogens with one attached hydrogen (secondary N) is 1. The minimum atomic E-state index is -4.42. The lowest BCUT2D eigenvalue weighted by Gasteiger charge is -2.08. The van der Waals surface area contributed by atoms with Gasteiger partial charge in [0.25, 0.3) is 0 Å². The molecule has 1 aromatic carbocycles. The monoisotopic (exact) mass is 296 g/mol. The maximum Gasteiger partial charge on any atom is 0.389 e. The summed E-state index contributed by atoms with van der Waals surface area (Å²) in [6, 6.07) is 4.95. The molecule has 0 aliphatic heterocycles. The van der Waals surface area contributed by atoms with Crippen LogP contribution in [0.25, 0.3) is 0 Å². The first-order valence-electron chi connectivity index (χ1n) is 5.07. The van der Waals surface area contributed by atoms with Crippen molar-refractivity contribution in [2.45, 2.75) is 23.9 Å². The van der Waals surface area contributed by atoms with Crippen LogP contribution >= 0.6 is 0 Å². The van der Waals surface area contributed by atoms with Gasteiger partial charge >= 0.3 is 6.18 Å². The molecule has 0 aromatic heterocycles. The number of sulfonamides is 1. The van der Waals surface area contributed by atoms with Crippen molar-refractivity contribution >= 4 is 21.6 Å². The van der Waals surface area contributed by atoms with E-state index >= 15 is 0 Å². The molecule has 5 nitrogen and oxygen atoms in total. The van der Waals surface area contributed by atoms with Gasteiger partial charge in [0.2, 0.25) is 15.9 Å². The fourth-order valence-electron chi connectivity index (χ4n) is 1.23. The van der Waals surface area contributed by atoms with Crippen molar-refractivity contribution in [2.24, 2.45) is 5.14 Å². The highest BCUT2D eigenvalue weighted by atomic mass is 32.2. The number of benzene rings is 1. The predicted molar refractivity (Wildman–Crippen MR) is 61.7 cm³/mol. The first-order valence-corrected chi connectivity index (χ1v) is 6.62. The molecule has 106 valence electrons. The molecule has 0 heterocycles. The smallest absolute Gasteiger partial charge is 0.326 e. The minimum absolute atomic E-state index is 0.0682. The molecule has 0 bridgehead atoms. The summed E-state index contributed by atoms with van der Waals surface area (Å²) in [6.07, 6.45) is -6.39. The molecule has 0 unspecified atom stereocenters. The Morgan fingerprint density at radius 1 is 1.32 bits per heavy atom. The number of hydrogen-bond donors (Lipinski definition) is 2. The fourth-order valence-corrected chi connectivity index (χ4v) is 1.79. The Labute approximate surface area is 107 Å². The van der Waals surface area contributed by atoms with Crippen LogP contribution in [-0.4, -0.2) is 20.5 Å². The number of carbonyl (C=O) groups excluding carboxylic acids is 1. The Morgan fingerprint density at radius 2 is 1.95 bits per heavy atom. The van der Waals surface area contributed by atoms with Gasteiger partial charge in [0.05, 0.1) is 11.3 Å². The zero-order chi connectivity index (χ0) is 14.7. The second-order valence-corrected chi connectivity index (χ2v) is 5.30. The Bertz CT molecular complexity index is 570. The zero-order valence-corrected chi connectivity index (χ0v) is 10.4. The number of rotatable bonds is 4. The Balaban J connectivity index is 2.70. The zero-order valence-electron chi connectivity index (χ0n) is 9.57. The van der Waals surface area contributed by atoms with E-state index in [9.17, 15) is 26.4 Å². The van der Waals surface area contributed by atoms with E-state index in [4.69, 9.17) is 5.14 Å². The van der Waals surface area contributed by atoms with Gasteiger partial charge in [-0.3, -0.25) is 4.79 Å². The predicted octanol–water partition coefficient (Wildman–Crippen LogP) is 1.61. The van der Waals surface area contributed by atoms with Crippen LogP contribution in [0.4, 0.5) is 18.9 Å². The number of anilines is 1. The molecule has 1 aromatic rings. The highest BCUT2D eigenvalue weighted by Crippen LogP contribution is 2.22. The van der Waals surface area contributed by atoms with Crippen molar-refractivity contribution in [1.82, 2.24) is 0 Å². The number of primary sulfonamides is 1. The second-order valence-electron chi connectivity index (χ2n) is 3.74. The summed E-state index contributed by atoms with van der Waals surface area (Å²) in [7, 11) is -3.93. The van der Waals surface area contributed by atoms with E-state index in [0.29, 0.717) is 0 Å². The van der Waals surface area contributed by atoms with Gasteiger partial charge in [0.1, 0.15) is 0 Å². The summed E-state index contributed by atoms with van der Waals surface area (Å²) in [5.74, 6) is -0.858. The minimum Gasteiger partial charge on any atom is -0.326 e.